The van der Waals surface area contributed by atoms with Gasteiger partial charge < -0.3 is 35.3 Å². The molecule has 0 radical (unpaired) electrons. The molecule has 6 rings (SSSR count). The third-order valence-corrected chi connectivity index (χ3v) is 17.0. The predicted molar refractivity (Wildman–Crippen MR) is 315 cm³/mol. The maximum Gasteiger partial charge on any atom is 0.301 e. The van der Waals surface area contributed by atoms with Crippen molar-refractivity contribution < 1.29 is 43.7 Å². The summed E-state index contributed by atoms with van der Waals surface area (Å²) in [6.45, 7) is 16.9. The van der Waals surface area contributed by atoms with E-state index in [-0.39, 0.29) is 66.0 Å². The first kappa shape index (κ1) is 63.2. The summed E-state index contributed by atoms with van der Waals surface area (Å²) in [5.74, 6) is -2.36. The number of aliphatic imine (C=N–C) groups is 1. The molecule has 22 nitrogen and oxygen atoms in total. The third kappa shape index (κ3) is 15.3. The van der Waals surface area contributed by atoms with Gasteiger partial charge in [-0.3, -0.25) is 59.4 Å². The van der Waals surface area contributed by atoms with Crippen LogP contribution in [-0.4, -0.2) is 155 Å². The number of carbonyl (C=O) groups is 6. The molecule has 0 bridgehead atoms. The number of nitrogens with zero attached hydrogens (tertiary/aromatic N) is 8. The SMILES string of the molecule is CC/C(=N\Nc1ccc([N+](=O)[O-])cc1[N+](=O)[O-])[C@@H]1CCCN1C(=O)[C@H](Cc1ccccc1)N(C)C(=O)[C@@H](CC(C)C)NC(=O)[C@]1(C)CSC([C@@H]2C[C@H](C)CN2C(=O)[C@@H](Cc2ccc(O)c(Br)c2)N(C)C(=O)[C@H](C)NC(=O)C(C)(C)C)=N1. The molecule has 24 heteroatoms. The minimum absolute atomic E-state index is 0.00838. The highest BCUT2D eigenvalue weighted by molar-refractivity contribution is 9.10. The molecule has 0 aromatic heterocycles. The van der Waals surface area contributed by atoms with Gasteiger partial charge in [-0.25, -0.2) is 0 Å². The zero-order valence-electron chi connectivity index (χ0n) is 47.9. The molecule has 3 aromatic rings. The largest absolute Gasteiger partial charge is 0.507 e. The molecule has 3 aromatic carbocycles. The summed E-state index contributed by atoms with van der Waals surface area (Å²) in [5, 5.41) is 44.5. The fourth-order valence-corrected chi connectivity index (χ4v) is 12.1. The van der Waals surface area contributed by atoms with Crippen LogP contribution in [0.1, 0.15) is 106 Å². The third-order valence-electron chi connectivity index (χ3n) is 15.0. The number of likely N-dealkylation sites (tertiary alicyclic amines) is 2. The van der Waals surface area contributed by atoms with E-state index in [1.807, 2.05) is 58.0 Å². The zero-order chi connectivity index (χ0) is 59.8. The lowest BCUT2D eigenvalue weighted by atomic mass is 9.95. The summed E-state index contributed by atoms with van der Waals surface area (Å²) in [7, 11) is 3.09. The number of non-ortho nitro benzene ring substituents is 1. The molecular formula is C57H76BrN11O11S. The summed E-state index contributed by atoms with van der Waals surface area (Å²) in [4.78, 5) is 120. The number of carbonyl (C=O) groups excluding carboxylic acids is 6. The van der Waals surface area contributed by atoms with Crippen LogP contribution in [-0.2, 0) is 41.6 Å². The zero-order valence-corrected chi connectivity index (χ0v) is 50.3. The molecule has 0 saturated carbocycles. The van der Waals surface area contributed by atoms with Crippen molar-refractivity contribution in [2.24, 2.45) is 27.3 Å². The Balaban J connectivity index is 1.24. The Labute approximate surface area is 485 Å². The van der Waals surface area contributed by atoms with Gasteiger partial charge in [0.1, 0.15) is 41.1 Å². The summed E-state index contributed by atoms with van der Waals surface area (Å²) in [5.41, 5.74) is 1.47. The van der Waals surface area contributed by atoms with Crippen LogP contribution in [0.2, 0.25) is 0 Å². The van der Waals surface area contributed by atoms with Crippen molar-refractivity contribution in [1.29, 1.82) is 0 Å². The lowest BCUT2D eigenvalue weighted by Crippen LogP contribution is -2.58. The van der Waals surface area contributed by atoms with Crippen LogP contribution in [0, 0.1) is 37.5 Å². The molecule has 4 N–H and O–H groups in total. The van der Waals surface area contributed by atoms with Crippen LogP contribution < -0.4 is 16.1 Å². The highest BCUT2D eigenvalue weighted by Crippen LogP contribution is 2.37. The first-order chi connectivity index (χ1) is 38.0. The summed E-state index contributed by atoms with van der Waals surface area (Å²) in [6, 6.07) is 12.1. The van der Waals surface area contributed by atoms with Crippen molar-refractivity contribution in [1.82, 2.24) is 30.2 Å². The number of phenols is 1. The van der Waals surface area contributed by atoms with Gasteiger partial charge in [0, 0.05) is 57.3 Å². The van der Waals surface area contributed by atoms with E-state index in [1.54, 1.807) is 63.6 Å². The number of anilines is 1. The van der Waals surface area contributed by atoms with Crippen molar-refractivity contribution in [3.63, 3.8) is 0 Å². The fraction of sp³-hybridized carbons (Fsp3) is 0.544. The maximum atomic E-state index is 15.1. The van der Waals surface area contributed by atoms with E-state index in [0.29, 0.717) is 59.6 Å². The Kier molecular flexibility index (Phi) is 20.9. The van der Waals surface area contributed by atoms with E-state index in [0.717, 1.165) is 17.7 Å². The van der Waals surface area contributed by atoms with Crippen LogP contribution >= 0.6 is 27.7 Å². The molecule has 2 fully saturated rings. The second-order valence-corrected chi connectivity index (χ2v) is 24.9. The number of hydrazone groups is 1. The van der Waals surface area contributed by atoms with Crippen LogP contribution in [0.15, 0.2) is 81.3 Å². The number of rotatable bonds is 22. The van der Waals surface area contributed by atoms with Crippen molar-refractivity contribution in [3.05, 3.63) is 103 Å². The normalized spacial score (nSPS) is 20.7. The minimum Gasteiger partial charge on any atom is -0.507 e. The topological polar surface area (TPSA) is 283 Å². The van der Waals surface area contributed by atoms with Gasteiger partial charge in [0.2, 0.25) is 35.4 Å². The van der Waals surface area contributed by atoms with E-state index < -0.39 is 86.1 Å². The van der Waals surface area contributed by atoms with Crippen LogP contribution in [0.5, 0.6) is 5.75 Å². The van der Waals surface area contributed by atoms with Gasteiger partial charge in [0.05, 0.1) is 43.2 Å². The van der Waals surface area contributed by atoms with Gasteiger partial charge >= 0.3 is 5.69 Å². The molecule has 6 amide bonds. The number of hydrogen-bond donors (Lipinski definition) is 4. The molecule has 3 aliphatic rings. The summed E-state index contributed by atoms with van der Waals surface area (Å²) >= 11 is 4.73. The van der Waals surface area contributed by atoms with Crippen LogP contribution in [0.4, 0.5) is 17.1 Å². The van der Waals surface area contributed by atoms with Crippen molar-refractivity contribution in [3.8, 4) is 5.75 Å². The summed E-state index contributed by atoms with van der Waals surface area (Å²) in [6.07, 6.45) is 2.44. The smallest absolute Gasteiger partial charge is 0.301 e. The maximum absolute atomic E-state index is 15.1. The van der Waals surface area contributed by atoms with Crippen molar-refractivity contribution in [2.75, 3.05) is 38.4 Å². The highest BCUT2D eigenvalue weighted by Gasteiger charge is 2.48. The predicted octanol–water partition coefficient (Wildman–Crippen LogP) is 7.50. The number of nitro benzene ring substituents is 2. The number of amides is 6. The molecule has 438 valence electrons. The summed E-state index contributed by atoms with van der Waals surface area (Å²) < 4.78 is 0.415. The molecule has 0 spiro atoms. The lowest BCUT2D eigenvalue weighted by molar-refractivity contribution is -0.393. The second kappa shape index (κ2) is 26.8. The molecule has 0 aliphatic carbocycles. The van der Waals surface area contributed by atoms with Gasteiger partial charge in [-0.05, 0) is 103 Å². The Morgan fingerprint density at radius 1 is 0.901 bits per heavy atom. The Morgan fingerprint density at radius 2 is 1.54 bits per heavy atom. The molecule has 8 atom stereocenters. The Hall–Kier alpha value is -6.95. The number of nitrogens with one attached hydrogen (secondary N) is 3. The first-order valence-corrected chi connectivity index (χ1v) is 29.1. The van der Waals surface area contributed by atoms with E-state index in [1.165, 1.54) is 40.7 Å². The van der Waals surface area contributed by atoms with Gasteiger partial charge in [-0.1, -0.05) is 84.9 Å². The monoisotopic (exact) mass is 1200 g/mol. The number of nitro groups is 2. The average Bonchev–Trinajstić information content (AvgIpc) is 4.41. The van der Waals surface area contributed by atoms with Gasteiger partial charge in [0.15, 0.2) is 0 Å². The number of thioether (sulfide) groups is 1. The van der Waals surface area contributed by atoms with E-state index in [2.05, 4.69) is 37.1 Å². The molecule has 3 heterocycles. The number of likely N-dealkylation sites (N-methyl/N-ethyl adjacent to an activating group) is 2. The molecule has 2 saturated heterocycles. The van der Waals surface area contributed by atoms with E-state index in [9.17, 15) is 39.7 Å². The molecular weight excluding hydrogens is 1130 g/mol. The number of benzene rings is 3. The molecule has 3 aliphatic heterocycles. The molecule has 0 unspecified atom stereocenters. The highest BCUT2D eigenvalue weighted by atomic mass is 79.9. The van der Waals surface area contributed by atoms with E-state index >= 15 is 14.4 Å². The van der Waals surface area contributed by atoms with Gasteiger partial charge in [0.25, 0.3) is 5.69 Å². The Bertz CT molecular complexity index is 2940. The van der Waals surface area contributed by atoms with E-state index in [4.69, 9.17) is 4.99 Å². The van der Waals surface area contributed by atoms with Crippen molar-refractivity contribution >= 4 is 91.0 Å². The first-order valence-electron chi connectivity index (χ1n) is 27.3. The lowest BCUT2D eigenvalue weighted by Gasteiger charge is -2.36. The number of aromatic hydroxyl groups is 1. The number of halogens is 1. The second-order valence-electron chi connectivity index (χ2n) is 23.0. The quantitative estimate of drug-likeness (QED) is 0.0431. The van der Waals surface area contributed by atoms with Crippen LogP contribution in [0.3, 0.4) is 0 Å². The van der Waals surface area contributed by atoms with Crippen molar-refractivity contribution in [2.45, 2.75) is 149 Å². The Morgan fingerprint density at radius 3 is 2.15 bits per heavy atom. The number of hydrogen-bond acceptors (Lipinski definition) is 15. The van der Waals surface area contributed by atoms with Gasteiger partial charge in [-0.2, -0.15) is 5.10 Å². The minimum atomic E-state index is -1.37. The van der Waals surface area contributed by atoms with Gasteiger partial charge in [-0.15, -0.1) is 11.8 Å². The molecule has 81 heavy (non-hydrogen) atoms. The standard InChI is InChI=1S/C57H76BrN11O11S/c1-12-40(62-63-41-22-21-38(68(77)78)30-44(41)69(79)80)43-19-16-24-66(43)52(73)46(28-36-17-14-13-15-18-36)65(11)51(72)42(25-33(2)3)60-55(76)57(9)32-81-49(61-57)45-26-34(4)31-67(45)53(74)47(29-37-20-23-48(70)39(58)27-37)64(10)50(71)35(5)59-54(75)56(6,7)8/h13-15,17-18,20-23,27,30,33-35,42-43,45-47,63,70H,12,16,19,24-26,28-29,31-32H2,1-11H3,(H,59,75)(H,60,76)/b62-40+/t34-,35-,42+,43-,45-,46-,47+,57-/m0/s1. The average molecular weight is 1200 g/mol. The fourth-order valence-electron chi connectivity index (χ4n) is 10.4. The van der Waals surface area contributed by atoms with Crippen LogP contribution in [0.25, 0.3) is 0 Å². The number of phenolic OH excluding ortho intramolecular Hbond substituents is 1.